The van der Waals surface area contributed by atoms with Gasteiger partial charge in [-0.05, 0) is 18.6 Å². The molecule has 1 aliphatic carbocycles. The lowest BCUT2D eigenvalue weighted by molar-refractivity contribution is 0.247. The van der Waals surface area contributed by atoms with Gasteiger partial charge in [0.25, 0.3) is 0 Å². The molecule has 1 N–H and O–H groups in total. The molecule has 0 bridgehead atoms. The van der Waals surface area contributed by atoms with Crippen LogP contribution in [0.5, 0.6) is 17.2 Å². The van der Waals surface area contributed by atoms with Crippen LogP contribution in [0.4, 0.5) is 0 Å². The zero-order valence-electron chi connectivity index (χ0n) is 19.5. The van der Waals surface area contributed by atoms with Gasteiger partial charge < -0.3 is 28.6 Å². The van der Waals surface area contributed by atoms with Crippen molar-refractivity contribution in [3.05, 3.63) is 52.7 Å². The number of nitrogens with zero attached hydrogens (tertiary/aromatic N) is 3. The molecule has 174 valence electrons. The van der Waals surface area contributed by atoms with Gasteiger partial charge in [-0.2, -0.15) is 5.10 Å². The van der Waals surface area contributed by atoms with Gasteiger partial charge in [-0.3, -0.25) is 4.68 Å². The summed E-state index contributed by atoms with van der Waals surface area (Å²) in [6.45, 7) is 2.08. The second-order valence-corrected chi connectivity index (χ2v) is 7.77. The highest BCUT2D eigenvalue weighted by molar-refractivity contribution is 6.17. The van der Waals surface area contributed by atoms with Gasteiger partial charge in [0.05, 0.1) is 45.8 Å². The van der Waals surface area contributed by atoms with E-state index < -0.39 is 0 Å². The summed E-state index contributed by atoms with van der Waals surface area (Å²) in [7, 11) is 8.09. The summed E-state index contributed by atoms with van der Waals surface area (Å²) in [5.74, 6) is 3.51. The molecule has 3 aromatic rings. The van der Waals surface area contributed by atoms with Crippen molar-refractivity contribution in [2.24, 2.45) is 18.1 Å². The van der Waals surface area contributed by atoms with Gasteiger partial charge in [-0.1, -0.05) is 12.1 Å². The van der Waals surface area contributed by atoms with Crippen LogP contribution in [0.15, 0.2) is 39.9 Å². The molecule has 2 aromatic heterocycles. The van der Waals surface area contributed by atoms with Crippen molar-refractivity contribution in [2.45, 2.75) is 13.3 Å². The predicted octanol–water partition coefficient (Wildman–Crippen LogP) is 4.11. The molecule has 1 aliphatic rings. The fraction of sp³-hybridized carbons (Fsp3) is 0.333. The molecular weight excluding hydrogens is 426 g/mol. The Bertz CT molecular complexity index is 1210. The van der Waals surface area contributed by atoms with Crippen LogP contribution in [0.1, 0.15) is 29.4 Å². The third-order valence-corrected chi connectivity index (χ3v) is 5.79. The first kappa shape index (κ1) is 22.3. The number of aryl methyl sites for hydroxylation is 1. The largest absolute Gasteiger partial charge is 0.501 e. The lowest BCUT2D eigenvalue weighted by atomic mass is 9.87. The van der Waals surface area contributed by atoms with E-state index in [4.69, 9.17) is 23.4 Å². The van der Waals surface area contributed by atoms with Crippen molar-refractivity contribution in [3.8, 4) is 28.6 Å². The lowest BCUT2D eigenvalue weighted by Gasteiger charge is -2.20. The fourth-order valence-corrected chi connectivity index (χ4v) is 4.20. The highest BCUT2D eigenvalue weighted by Crippen LogP contribution is 2.43. The Labute approximate surface area is 191 Å². The summed E-state index contributed by atoms with van der Waals surface area (Å²) < 4.78 is 30.0. The summed E-state index contributed by atoms with van der Waals surface area (Å²) in [6, 6.07) is 3.48. The Balaban J connectivity index is 1.98. The van der Waals surface area contributed by atoms with E-state index >= 15 is 0 Å². The molecule has 0 amide bonds. The van der Waals surface area contributed by atoms with Crippen LogP contribution in [-0.2, 0) is 18.2 Å². The van der Waals surface area contributed by atoms with Crippen LogP contribution in [0.3, 0.4) is 0 Å². The maximum atomic E-state index is 10.2. The molecule has 1 aromatic carbocycles. The first-order valence-corrected chi connectivity index (χ1v) is 10.4. The van der Waals surface area contributed by atoms with E-state index in [0.29, 0.717) is 52.0 Å². The highest BCUT2D eigenvalue weighted by atomic mass is 16.5. The summed E-state index contributed by atoms with van der Waals surface area (Å²) in [6.07, 6.45) is 6.10. The zero-order valence-corrected chi connectivity index (χ0v) is 19.5. The maximum Gasteiger partial charge on any atom is 0.203 e. The van der Waals surface area contributed by atoms with Crippen LogP contribution < -0.4 is 14.2 Å². The van der Waals surface area contributed by atoms with Gasteiger partial charge in [0.2, 0.25) is 5.75 Å². The maximum absolute atomic E-state index is 10.2. The molecule has 0 radical (unpaired) electrons. The van der Waals surface area contributed by atoms with Crippen LogP contribution in [-0.4, -0.2) is 49.1 Å². The molecule has 2 heterocycles. The Morgan fingerprint density at radius 3 is 2.33 bits per heavy atom. The van der Waals surface area contributed by atoms with Crippen molar-refractivity contribution >= 4 is 11.8 Å². The van der Waals surface area contributed by atoms with Crippen LogP contribution >= 0.6 is 0 Å². The topological polar surface area (TPSA) is 100 Å². The van der Waals surface area contributed by atoms with Gasteiger partial charge in [-0.25, -0.2) is 0 Å². The van der Waals surface area contributed by atoms with Crippen molar-refractivity contribution in [2.75, 3.05) is 28.4 Å². The SMILES string of the molecule is COC1=Cc2oc(-c3cnn(C)c3)c(/C(=N/O)c3cc(OC)c(OC)c(OC)c3)c2CC1C. The third-order valence-electron chi connectivity index (χ3n) is 5.79. The summed E-state index contributed by atoms with van der Waals surface area (Å²) in [4.78, 5) is 0. The number of oxime groups is 1. The number of rotatable bonds is 7. The number of hydrogen-bond acceptors (Lipinski definition) is 8. The van der Waals surface area contributed by atoms with E-state index in [1.165, 1.54) is 21.3 Å². The second-order valence-electron chi connectivity index (χ2n) is 7.77. The second kappa shape index (κ2) is 8.93. The molecule has 33 heavy (non-hydrogen) atoms. The number of hydrogen-bond donors (Lipinski definition) is 1. The van der Waals surface area contributed by atoms with E-state index in [9.17, 15) is 5.21 Å². The van der Waals surface area contributed by atoms with Crippen LogP contribution in [0, 0.1) is 5.92 Å². The normalized spacial score (nSPS) is 15.6. The monoisotopic (exact) mass is 453 g/mol. The minimum atomic E-state index is 0.125. The first-order valence-electron chi connectivity index (χ1n) is 10.4. The Kier molecular flexibility index (Phi) is 6.04. The number of fused-ring (bicyclic) bond motifs is 1. The van der Waals surface area contributed by atoms with Crippen molar-refractivity contribution in [3.63, 3.8) is 0 Å². The molecular formula is C24H27N3O6. The molecule has 9 heteroatoms. The van der Waals surface area contributed by atoms with Gasteiger partial charge >= 0.3 is 0 Å². The predicted molar refractivity (Wildman–Crippen MR) is 122 cm³/mol. The first-order chi connectivity index (χ1) is 15.9. The lowest BCUT2D eigenvalue weighted by Crippen LogP contribution is -2.14. The van der Waals surface area contributed by atoms with E-state index in [1.807, 2.05) is 19.3 Å². The average molecular weight is 453 g/mol. The minimum Gasteiger partial charge on any atom is -0.501 e. The molecule has 0 saturated heterocycles. The molecule has 4 rings (SSSR count). The number of methoxy groups -OCH3 is 4. The zero-order chi connectivity index (χ0) is 23.7. The summed E-state index contributed by atoms with van der Waals surface area (Å²) >= 11 is 0. The fourth-order valence-electron chi connectivity index (χ4n) is 4.20. The van der Waals surface area contributed by atoms with Crippen molar-refractivity contribution in [1.29, 1.82) is 0 Å². The summed E-state index contributed by atoms with van der Waals surface area (Å²) in [5.41, 5.74) is 3.25. The van der Waals surface area contributed by atoms with E-state index in [1.54, 1.807) is 30.1 Å². The molecule has 1 atom stereocenters. The van der Waals surface area contributed by atoms with Gasteiger partial charge in [0.1, 0.15) is 23.0 Å². The third kappa shape index (κ3) is 3.79. The average Bonchev–Trinajstić information content (AvgIpc) is 3.41. The van der Waals surface area contributed by atoms with Crippen LogP contribution in [0.25, 0.3) is 17.4 Å². The number of furan rings is 1. The molecule has 9 nitrogen and oxygen atoms in total. The van der Waals surface area contributed by atoms with Gasteiger partial charge in [0.15, 0.2) is 11.5 Å². The molecule has 0 aliphatic heterocycles. The molecule has 0 fully saturated rings. The van der Waals surface area contributed by atoms with E-state index in [-0.39, 0.29) is 5.92 Å². The van der Waals surface area contributed by atoms with E-state index in [2.05, 4.69) is 17.2 Å². The number of allylic oxidation sites excluding steroid dienone is 1. The standard InChI is InChI=1S/C24H27N3O6/c1-13-7-16-18(10-17(13)29-3)33-23(15-11-25-27(2)12-15)21(16)22(26-28)14-8-19(30-4)24(32-6)20(9-14)31-5/h8-13,28H,7H2,1-6H3/b26-22+. The van der Waals surface area contributed by atoms with E-state index in [0.717, 1.165) is 16.9 Å². The van der Waals surface area contributed by atoms with Crippen molar-refractivity contribution in [1.82, 2.24) is 9.78 Å². The van der Waals surface area contributed by atoms with Crippen molar-refractivity contribution < 1.29 is 28.6 Å². The smallest absolute Gasteiger partial charge is 0.203 e. The Morgan fingerprint density at radius 2 is 1.82 bits per heavy atom. The van der Waals surface area contributed by atoms with Gasteiger partial charge in [-0.15, -0.1) is 0 Å². The molecule has 1 unspecified atom stereocenters. The highest BCUT2D eigenvalue weighted by Gasteiger charge is 2.32. The van der Waals surface area contributed by atoms with Crippen LogP contribution in [0.2, 0.25) is 0 Å². The minimum absolute atomic E-state index is 0.125. The molecule has 0 saturated carbocycles. The number of ether oxygens (including phenoxy) is 4. The summed E-state index contributed by atoms with van der Waals surface area (Å²) in [5, 5.41) is 18.2. The number of benzene rings is 1. The van der Waals surface area contributed by atoms with Gasteiger partial charge in [0, 0.05) is 36.4 Å². The number of aromatic nitrogens is 2. The molecule has 0 spiro atoms. The Hall–Kier alpha value is -3.88. The Morgan fingerprint density at radius 1 is 1.12 bits per heavy atom. The quantitative estimate of drug-likeness (QED) is 0.326.